The predicted octanol–water partition coefficient (Wildman–Crippen LogP) is 3.27. The molecule has 0 unspecified atom stereocenters. The Kier molecular flexibility index (Phi) is 4.70. The van der Waals surface area contributed by atoms with Gasteiger partial charge in [0.2, 0.25) is 0 Å². The first-order valence-electron chi connectivity index (χ1n) is 6.50. The number of halogens is 1. The lowest BCUT2D eigenvalue weighted by molar-refractivity contribution is 0.409. The molecule has 1 heterocycles. The smallest absolute Gasteiger partial charge is 0.130 e. The lowest BCUT2D eigenvalue weighted by Gasteiger charge is -2.22. The molecule has 4 nitrogen and oxygen atoms in total. The molecule has 0 spiro atoms. The third-order valence-electron chi connectivity index (χ3n) is 3.41. The molecule has 0 saturated heterocycles. The zero-order valence-electron chi connectivity index (χ0n) is 12.4. The maximum atomic E-state index is 5.42. The van der Waals surface area contributed by atoms with E-state index in [1.54, 1.807) is 7.11 Å². The second kappa shape index (κ2) is 6.31. The lowest BCUT2D eigenvalue weighted by Crippen LogP contribution is -2.21. The molecule has 1 aromatic heterocycles. The molecule has 0 aliphatic carbocycles. The second-order valence-corrected chi connectivity index (χ2v) is 5.37. The zero-order chi connectivity index (χ0) is 14.7. The van der Waals surface area contributed by atoms with Crippen molar-refractivity contribution >= 4 is 21.7 Å². The molecule has 20 heavy (non-hydrogen) atoms. The van der Waals surface area contributed by atoms with Crippen LogP contribution >= 0.6 is 15.9 Å². The zero-order valence-corrected chi connectivity index (χ0v) is 13.9. The van der Waals surface area contributed by atoms with E-state index in [0.29, 0.717) is 0 Å². The van der Waals surface area contributed by atoms with Crippen molar-refractivity contribution in [3.8, 4) is 5.75 Å². The average molecular weight is 338 g/mol. The lowest BCUT2D eigenvalue weighted by atomic mass is 10.2. The predicted molar refractivity (Wildman–Crippen MR) is 85.7 cm³/mol. The summed E-state index contributed by atoms with van der Waals surface area (Å²) in [5, 5.41) is 5.30. The molecule has 0 fully saturated rings. The number of rotatable bonds is 5. The van der Waals surface area contributed by atoms with Crippen molar-refractivity contribution < 1.29 is 4.74 Å². The van der Waals surface area contributed by atoms with Gasteiger partial charge < -0.3 is 9.64 Å². The van der Waals surface area contributed by atoms with Crippen LogP contribution in [0.4, 0.5) is 5.82 Å². The van der Waals surface area contributed by atoms with Crippen molar-refractivity contribution in [1.29, 1.82) is 0 Å². The minimum Gasteiger partial charge on any atom is -0.496 e. The average Bonchev–Trinajstić information content (AvgIpc) is 2.73. The van der Waals surface area contributed by atoms with Gasteiger partial charge in [-0.25, -0.2) is 0 Å². The fraction of sp³-hybridized carbons (Fsp3) is 0.400. The number of benzene rings is 1. The molecule has 0 radical (unpaired) electrons. The molecule has 0 amide bonds. The van der Waals surface area contributed by atoms with Crippen LogP contribution in [-0.2, 0) is 18.9 Å². The van der Waals surface area contributed by atoms with E-state index in [0.717, 1.165) is 34.7 Å². The van der Waals surface area contributed by atoms with E-state index in [1.807, 2.05) is 36.9 Å². The highest BCUT2D eigenvalue weighted by Gasteiger charge is 2.17. The van der Waals surface area contributed by atoms with E-state index >= 15 is 0 Å². The van der Waals surface area contributed by atoms with Gasteiger partial charge in [-0.1, -0.05) is 34.1 Å². The van der Waals surface area contributed by atoms with Gasteiger partial charge in [0, 0.05) is 37.1 Å². The van der Waals surface area contributed by atoms with Crippen LogP contribution in [0.3, 0.4) is 0 Å². The van der Waals surface area contributed by atoms with E-state index in [4.69, 9.17) is 4.74 Å². The van der Waals surface area contributed by atoms with E-state index in [1.165, 1.54) is 5.56 Å². The van der Waals surface area contributed by atoms with E-state index in [-0.39, 0.29) is 0 Å². The SMILES string of the molecule is COc1ccccc1CN(C)c1c(CBr)c(C)nn1C. The number of anilines is 1. The van der Waals surface area contributed by atoms with Gasteiger partial charge in [-0.3, -0.25) is 4.68 Å². The highest BCUT2D eigenvalue weighted by molar-refractivity contribution is 9.08. The van der Waals surface area contributed by atoms with Crippen molar-refractivity contribution in [2.24, 2.45) is 7.05 Å². The van der Waals surface area contributed by atoms with E-state index in [2.05, 4.69) is 39.0 Å². The second-order valence-electron chi connectivity index (χ2n) is 4.81. The Bertz CT molecular complexity index is 595. The van der Waals surface area contributed by atoms with Crippen LogP contribution in [0.15, 0.2) is 24.3 Å². The molecular formula is C15H20BrN3O. The molecule has 5 heteroatoms. The summed E-state index contributed by atoms with van der Waals surface area (Å²) in [5.74, 6) is 2.05. The molecule has 0 bridgehead atoms. The van der Waals surface area contributed by atoms with Gasteiger partial charge in [0.25, 0.3) is 0 Å². The maximum Gasteiger partial charge on any atom is 0.130 e. The van der Waals surface area contributed by atoms with Crippen molar-refractivity contribution in [3.05, 3.63) is 41.1 Å². The number of para-hydroxylation sites is 1. The molecule has 0 saturated carbocycles. The number of hydrogen-bond donors (Lipinski definition) is 0. The van der Waals surface area contributed by atoms with Crippen LogP contribution in [0.2, 0.25) is 0 Å². The summed E-state index contributed by atoms with van der Waals surface area (Å²) in [4.78, 5) is 2.20. The third kappa shape index (κ3) is 2.82. The molecule has 108 valence electrons. The number of nitrogens with zero attached hydrogens (tertiary/aromatic N) is 3. The molecule has 1 aromatic carbocycles. The Labute approximate surface area is 128 Å². The number of alkyl halides is 1. The summed E-state index contributed by atoms with van der Waals surface area (Å²) in [6, 6.07) is 8.10. The Morgan fingerprint density at radius 1 is 1.35 bits per heavy atom. The Balaban J connectivity index is 2.31. The summed E-state index contributed by atoms with van der Waals surface area (Å²) >= 11 is 3.55. The van der Waals surface area contributed by atoms with Crippen molar-refractivity contribution in [2.75, 3.05) is 19.1 Å². The summed E-state index contributed by atoms with van der Waals surface area (Å²) in [7, 11) is 5.76. The maximum absolute atomic E-state index is 5.42. The quantitative estimate of drug-likeness (QED) is 0.784. The highest BCUT2D eigenvalue weighted by atomic mass is 79.9. The van der Waals surface area contributed by atoms with Crippen LogP contribution in [0.1, 0.15) is 16.8 Å². The normalized spacial score (nSPS) is 10.7. The Hall–Kier alpha value is -1.49. The molecular weight excluding hydrogens is 318 g/mol. The first-order valence-corrected chi connectivity index (χ1v) is 7.62. The van der Waals surface area contributed by atoms with Crippen LogP contribution in [0.5, 0.6) is 5.75 Å². The largest absolute Gasteiger partial charge is 0.496 e. The van der Waals surface area contributed by atoms with Gasteiger partial charge in [0.15, 0.2) is 0 Å². The van der Waals surface area contributed by atoms with E-state index < -0.39 is 0 Å². The van der Waals surface area contributed by atoms with Gasteiger partial charge in [0.05, 0.1) is 12.8 Å². The van der Waals surface area contributed by atoms with Crippen molar-refractivity contribution in [2.45, 2.75) is 18.8 Å². The van der Waals surface area contributed by atoms with Crippen LogP contribution in [-0.4, -0.2) is 23.9 Å². The number of aromatic nitrogens is 2. The van der Waals surface area contributed by atoms with Crippen LogP contribution in [0, 0.1) is 6.92 Å². The topological polar surface area (TPSA) is 30.3 Å². The standard InChI is InChI=1S/C15H20BrN3O/c1-11-13(9-16)15(19(3)17-11)18(2)10-12-7-5-6-8-14(12)20-4/h5-8H,9-10H2,1-4H3. The number of hydrogen-bond acceptors (Lipinski definition) is 3. The molecule has 0 N–H and O–H groups in total. The summed E-state index contributed by atoms with van der Waals surface area (Å²) in [6.45, 7) is 2.82. The van der Waals surface area contributed by atoms with Gasteiger partial charge in [-0.2, -0.15) is 5.10 Å². The number of methoxy groups -OCH3 is 1. The van der Waals surface area contributed by atoms with Crippen molar-refractivity contribution in [3.63, 3.8) is 0 Å². The molecule has 2 aromatic rings. The fourth-order valence-corrected chi connectivity index (χ4v) is 3.14. The first-order chi connectivity index (χ1) is 9.58. The van der Waals surface area contributed by atoms with Crippen molar-refractivity contribution in [1.82, 2.24) is 9.78 Å². The minimum absolute atomic E-state index is 0.781. The first kappa shape index (κ1) is 14.9. The summed E-state index contributed by atoms with van der Waals surface area (Å²) < 4.78 is 7.35. The van der Waals surface area contributed by atoms with Gasteiger partial charge in [0.1, 0.15) is 11.6 Å². The van der Waals surface area contributed by atoms with Gasteiger partial charge in [-0.15, -0.1) is 0 Å². The molecule has 0 atom stereocenters. The van der Waals surface area contributed by atoms with Gasteiger partial charge >= 0.3 is 0 Å². The summed E-state index contributed by atoms with van der Waals surface area (Å²) in [6.07, 6.45) is 0. The minimum atomic E-state index is 0.781. The monoisotopic (exact) mass is 337 g/mol. The van der Waals surface area contributed by atoms with E-state index in [9.17, 15) is 0 Å². The third-order valence-corrected chi connectivity index (χ3v) is 3.97. The number of aryl methyl sites for hydroxylation is 2. The molecule has 0 aliphatic rings. The fourth-order valence-electron chi connectivity index (χ4n) is 2.49. The van der Waals surface area contributed by atoms with Gasteiger partial charge in [-0.05, 0) is 13.0 Å². The molecule has 0 aliphatic heterocycles. The summed E-state index contributed by atoms with van der Waals surface area (Å²) in [5.41, 5.74) is 3.45. The van der Waals surface area contributed by atoms with Crippen LogP contribution < -0.4 is 9.64 Å². The highest BCUT2D eigenvalue weighted by Crippen LogP contribution is 2.27. The Morgan fingerprint density at radius 2 is 2.05 bits per heavy atom. The Morgan fingerprint density at radius 3 is 2.70 bits per heavy atom. The van der Waals surface area contributed by atoms with Crippen LogP contribution in [0.25, 0.3) is 0 Å². The molecule has 2 rings (SSSR count). The number of ether oxygens (including phenoxy) is 1.